The van der Waals surface area contributed by atoms with Crippen molar-refractivity contribution in [2.75, 3.05) is 13.6 Å². The van der Waals surface area contributed by atoms with Crippen LogP contribution in [0.25, 0.3) is 0 Å². The maximum atomic E-state index is 10.7. The minimum Gasteiger partial charge on any atom is -0.321 e. The van der Waals surface area contributed by atoms with E-state index in [0.29, 0.717) is 5.92 Å². The SMILES string of the molecule is CCCCCCCCCCCC[N+]1(C)[C@@H]2CC[C@H]1CC(CC(C#N)(c1ccccc1)c1ccccc1)C2. The van der Waals surface area contributed by atoms with Gasteiger partial charge in [-0.2, -0.15) is 5.26 Å². The molecule has 2 heterocycles. The number of hydrogen-bond donors (Lipinski definition) is 0. The van der Waals surface area contributed by atoms with Gasteiger partial charge in [-0.1, -0.05) is 119 Å². The van der Waals surface area contributed by atoms with Crippen molar-refractivity contribution in [1.82, 2.24) is 0 Å². The maximum Gasteiger partial charge on any atom is 0.107 e. The molecule has 2 heteroatoms. The lowest BCUT2D eigenvalue weighted by Gasteiger charge is -2.48. The molecule has 2 aromatic rings. The molecular formula is C35H51N2+. The zero-order valence-electron chi connectivity index (χ0n) is 23.7. The first kappa shape index (κ1) is 27.9. The van der Waals surface area contributed by atoms with Crippen molar-refractivity contribution in [3.8, 4) is 6.07 Å². The highest BCUT2D eigenvalue weighted by atomic mass is 15.4. The second-order valence-electron chi connectivity index (χ2n) is 12.4. The topological polar surface area (TPSA) is 23.8 Å². The van der Waals surface area contributed by atoms with Gasteiger partial charge in [0.25, 0.3) is 0 Å². The van der Waals surface area contributed by atoms with Crippen molar-refractivity contribution in [3.05, 3.63) is 71.8 Å². The number of piperidine rings is 1. The van der Waals surface area contributed by atoms with E-state index in [2.05, 4.69) is 80.7 Å². The number of hydrogen-bond acceptors (Lipinski definition) is 1. The average Bonchev–Trinajstić information content (AvgIpc) is 3.09. The Balaban J connectivity index is 1.32. The third kappa shape index (κ3) is 6.67. The molecule has 0 radical (unpaired) electrons. The standard InChI is InChI=1S/C35H51N2/c1-3-4-5-6-7-8-9-10-11-18-25-37(2)33-23-24-34(37)27-30(26-33)28-35(29-36,31-19-14-12-15-20-31)32-21-16-13-17-22-32/h12-17,19-22,30,33-34H,3-11,18,23-28H2,1-2H3/q+1/t30?,33-,34+,37?. The van der Waals surface area contributed by atoms with Gasteiger partial charge in [0.2, 0.25) is 0 Å². The van der Waals surface area contributed by atoms with E-state index in [0.717, 1.165) is 29.6 Å². The summed E-state index contributed by atoms with van der Waals surface area (Å²) in [4.78, 5) is 0. The Bertz CT molecular complexity index is 906. The summed E-state index contributed by atoms with van der Waals surface area (Å²) in [6.07, 6.45) is 20.4. The normalized spacial score (nSPS) is 25.2. The average molecular weight is 500 g/mol. The Hall–Kier alpha value is -2.11. The van der Waals surface area contributed by atoms with Gasteiger partial charge >= 0.3 is 0 Å². The first-order chi connectivity index (χ1) is 18.1. The lowest BCUT2D eigenvalue weighted by molar-refractivity contribution is -0.949. The highest BCUT2D eigenvalue weighted by Crippen LogP contribution is 2.48. The minimum atomic E-state index is -0.552. The van der Waals surface area contributed by atoms with Crippen LogP contribution >= 0.6 is 0 Å². The lowest BCUT2D eigenvalue weighted by atomic mass is 9.67. The van der Waals surface area contributed by atoms with Crippen molar-refractivity contribution in [2.45, 2.75) is 121 Å². The van der Waals surface area contributed by atoms with Crippen LogP contribution in [0, 0.1) is 17.2 Å². The molecule has 0 aromatic heterocycles. The van der Waals surface area contributed by atoms with Gasteiger partial charge < -0.3 is 4.48 Å². The van der Waals surface area contributed by atoms with Crippen LogP contribution < -0.4 is 0 Å². The predicted octanol–water partition coefficient (Wildman–Crippen LogP) is 9.19. The van der Waals surface area contributed by atoms with Gasteiger partial charge in [0.05, 0.1) is 31.7 Å². The molecule has 4 atom stereocenters. The molecule has 4 rings (SSSR count). The zero-order valence-corrected chi connectivity index (χ0v) is 23.7. The lowest BCUT2D eigenvalue weighted by Crippen LogP contribution is -2.58. The van der Waals surface area contributed by atoms with Crippen molar-refractivity contribution in [1.29, 1.82) is 5.26 Å². The number of benzene rings is 2. The molecule has 0 saturated carbocycles. The highest BCUT2D eigenvalue weighted by molar-refractivity contribution is 5.45. The molecule has 2 nitrogen and oxygen atoms in total. The molecule has 2 fully saturated rings. The van der Waals surface area contributed by atoms with Gasteiger partial charge in [-0.3, -0.25) is 0 Å². The van der Waals surface area contributed by atoms with E-state index in [4.69, 9.17) is 0 Å². The first-order valence-corrected chi connectivity index (χ1v) is 15.5. The summed E-state index contributed by atoms with van der Waals surface area (Å²) in [6, 6.07) is 25.6. The molecule has 2 unspecified atom stereocenters. The van der Waals surface area contributed by atoms with Crippen molar-refractivity contribution in [3.63, 3.8) is 0 Å². The largest absolute Gasteiger partial charge is 0.321 e. The number of quaternary nitrogens is 1. The zero-order chi connectivity index (χ0) is 26.0. The smallest absolute Gasteiger partial charge is 0.107 e. The third-order valence-electron chi connectivity index (χ3n) is 10.0. The van der Waals surface area contributed by atoms with Crippen molar-refractivity contribution in [2.24, 2.45) is 5.92 Å². The van der Waals surface area contributed by atoms with Crippen molar-refractivity contribution < 1.29 is 4.48 Å². The fourth-order valence-corrected chi connectivity index (χ4v) is 7.78. The molecule has 37 heavy (non-hydrogen) atoms. The summed E-state index contributed by atoms with van der Waals surface area (Å²) < 4.78 is 1.31. The quantitative estimate of drug-likeness (QED) is 0.177. The molecule has 0 amide bonds. The predicted molar refractivity (Wildman–Crippen MR) is 156 cm³/mol. The van der Waals surface area contributed by atoms with E-state index in [1.54, 1.807) is 0 Å². The highest BCUT2D eigenvalue weighted by Gasteiger charge is 2.52. The molecule has 0 spiro atoms. The van der Waals surface area contributed by atoms with Gasteiger partial charge in [0, 0.05) is 25.7 Å². The van der Waals surface area contributed by atoms with E-state index in [1.165, 1.54) is 101 Å². The molecule has 2 aromatic carbocycles. The Morgan fingerprint density at radius 3 is 1.65 bits per heavy atom. The number of rotatable bonds is 15. The summed E-state index contributed by atoms with van der Waals surface area (Å²) in [5, 5.41) is 10.7. The Morgan fingerprint density at radius 1 is 0.730 bits per heavy atom. The number of nitrogens with zero attached hydrogens (tertiary/aromatic N) is 2. The summed E-state index contributed by atoms with van der Waals surface area (Å²) in [5.41, 5.74) is 1.76. The summed E-state index contributed by atoms with van der Waals surface area (Å²) in [5.74, 6) is 0.622. The molecule has 2 aliphatic rings. The Morgan fingerprint density at radius 2 is 1.19 bits per heavy atom. The van der Waals surface area contributed by atoms with Crippen LogP contribution in [0.5, 0.6) is 0 Å². The maximum absolute atomic E-state index is 10.7. The first-order valence-electron chi connectivity index (χ1n) is 15.5. The van der Waals surface area contributed by atoms with Gasteiger partial charge in [0.1, 0.15) is 5.41 Å². The molecular weight excluding hydrogens is 448 g/mol. The van der Waals surface area contributed by atoms with Gasteiger partial charge in [-0.15, -0.1) is 0 Å². The number of nitriles is 1. The van der Waals surface area contributed by atoms with Crippen LogP contribution in [-0.2, 0) is 5.41 Å². The molecule has 0 aliphatic carbocycles. The van der Waals surface area contributed by atoms with E-state index in [9.17, 15) is 5.26 Å². The summed E-state index contributed by atoms with van der Waals surface area (Å²) >= 11 is 0. The minimum absolute atomic E-state index is 0.552. The van der Waals surface area contributed by atoms with Gasteiger partial charge in [-0.05, 0) is 36.3 Å². The summed E-state index contributed by atoms with van der Waals surface area (Å²) in [6.45, 7) is 3.66. The monoisotopic (exact) mass is 499 g/mol. The molecule has 2 bridgehead atoms. The van der Waals surface area contributed by atoms with Crippen LogP contribution in [0.2, 0.25) is 0 Å². The fourth-order valence-electron chi connectivity index (χ4n) is 7.78. The van der Waals surface area contributed by atoms with Crippen LogP contribution in [0.15, 0.2) is 60.7 Å². The Kier molecular flexibility index (Phi) is 10.3. The van der Waals surface area contributed by atoms with E-state index in [-0.39, 0.29) is 0 Å². The van der Waals surface area contributed by atoms with E-state index < -0.39 is 5.41 Å². The van der Waals surface area contributed by atoms with Crippen molar-refractivity contribution >= 4 is 0 Å². The van der Waals surface area contributed by atoms with E-state index >= 15 is 0 Å². The third-order valence-corrected chi connectivity index (χ3v) is 10.0. The van der Waals surface area contributed by atoms with Gasteiger partial charge in [-0.25, -0.2) is 0 Å². The molecule has 2 aliphatic heterocycles. The molecule has 200 valence electrons. The van der Waals surface area contributed by atoms with E-state index in [1.807, 2.05) is 0 Å². The van der Waals surface area contributed by atoms with Gasteiger partial charge in [0.15, 0.2) is 0 Å². The molecule has 2 saturated heterocycles. The fraction of sp³-hybridized carbons (Fsp3) is 0.629. The molecule has 0 N–H and O–H groups in total. The number of unbranched alkanes of at least 4 members (excludes halogenated alkanes) is 9. The van der Waals surface area contributed by atoms with Crippen LogP contribution in [0.3, 0.4) is 0 Å². The van der Waals surface area contributed by atoms with Crippen LogP contribution in [-0.4, -0.2) is 30.2 Å². The number of fused-ring (bicyclic) bond motifs is 2. The van der Waals surface area contributed by atoms with Crippen LogP contribution in [0.4, 0.5) is 0 Å². The summed E-state index contributed by atoms with van der Waals surface area (Å²) in [7, 11) is 2.57. The second-order valence-corrected chi connectivity index (χ2v) is 12.4. The van der Waals surface area contributed by atoms with Crippen LogP contribution in [0.1, 0.15) is 114 Å². The second kappa shape index (κ2) is 13.6. The Labute approximate surface area is 227 Å².